The molecule has 1 amide bonds. The molecule has 0 spiro atoms. The number of alkyl carbamates (subject to hydrolysis) is 1. The van der Waals surface area contributed by atoms with Crippen molar-refractivity contribution < 1.29 is 18.7 Å². The minimum absolute atomic E-state index is 0.119. The molecule has 1 aromatic carbocycles. The van der Waals surface area contributed by atoms with E-state index in [1.165, 1.54) is 0 Å². The first-order chi connectivity index (χ1) is 15.8. The zero-order valence-corrected chi connectivity index (χ0v) is 21.0. The molecule has 2 aromatic rings. The molecule has 6 nitrogen and oxygen atoms in total. The smallest absolute Gasteiger partial charge is 0.407 e. The molecule has 2 N–H and O–H groups in total. The molecule has 0 fully saturated rings. The molecule has 0 saturated carbocycles. The summed E-state index contributed by atoms with van der Waals surface area (Å²) in [6, 6.07) is 13.3. The largest absolute Gasteiger partial charge is 0.468 e. The standard InChI is InChI=1S/C26H38N2O4S/c1-19(2)13-22(28-26(30)32-16-20(3)4)15-27-24(14-21-9-6-5-7-10-21)25(29)18-33-17-23-11-8-12-31-23/h5-12,19-20,22,24,27H,13-18H2,1-4H3,(H,28,30). The second-order valence-electron chi connectivity index (χ2n) is 9.15. The Morgan fingerprint density at radius 2 is 1.79 bits per heavy atom. The van der Waals surface area contributed by atoms with E-state index in [1.807, 2.05) is 56.3 Å². The van der Waals surface area contributed by atoms with Gasteiger partial charge in [0, 0.05) is 12.6 Å². The topological polar surface area (TPSA) is 80.6 Å². The van der Waals surface area contributed by atoms with Crippen LogP contribution in [0.15, 0.2) is 53.1 Å². The third kappa shape index (κ3) is 11.4. The predicted octanol–water partition coefficient (Wildman–Crippen LogP) is 5.08. The van der Waals surface area contributed by atoms with Gasteiger partial charge in [0.1, 0.15) is 5.76 Å². The van der Waals surface area contributed by atoms with Crippen LogP contribution >= 0.6 is 11.8 Å². The van der Waals surface area contributed by atoms with E-state index in [9.17, 15) is 9.59 Å². The Bertz CT molecular complexity index is 809. The lowest BCUT2D eigenvalue weighted by Crippen LogP contribution is -2.49. The lowest BCUT2D eigenvalue weighted by atomic mass is 10.0. The Morgan fingerprint density at radius 3 is 2.42 bits per heavy atom. The highest BCUT2D eigenvalue weighted by Crippen LogP contribution is 2.15. The quantitative estimate of drug-likeness (QED) is 0.375. The van der Waals surface area contributed by atoms with Crippen LogP contribution < -0.4 is 10.6 Å². The van der Waals surface area contributed by atoms with Gasteiger partial charge in [0.05, 0.1) is 30.4 Å². The van der Waals surface area contributed by atoms with Gasteiger partial charge in [0.2, 0.25) is 0 Å². The Balaban J connectivity index is 1.97. The van der Waals surface area contributed by atoms with Crippen LogP contribution in [-0.4, -0.2) is 42.9 Å². The number of rotatable bonds is 15. The number of hydrogen-bond donors (Lipinski definition) is 2. The van der Waals surface area contributed by atoms with Crippen LogP contribution in [0.25, 0.3) is 0 Å². The zero-order chi connectivity index (χ0) is 24.1. The molecular weight excluding hydrogens is 436 g/mol. The molecule has 0 bridgehead atoms. The van der Waals surface area contributed by atoms with Gasteiger partial charge in [0.25, 0.3) is 0 Å². The second kappa shape index (κ2) is 14.8. The number of amides is 1. The maximum atomic E-state index is 13.1. The van der Waals surface area contributed by atoms with E-state index in [1.54, 1.807) is 18.0 Å². The van der Waals surface area contributed by atoms with Gasteiger partial charge in [-0.25, -0.2) is 4.79 Å². The van der Waals surface area contributed by atoms with Gasteiger partial charge < -0.3 is 19.8 Å². The second-order valence-corrected chi connectivity index (χ2v) is 10.1. The average molecular weight is 475 g/mol. The summed E-state index contributed by atoms with van der Waals surface area (Å²) < 4.78 is 10.7. The Labute approximate surface area is 202 Å². The molecule has 0 aliphatic heterocycles. The molecule has 1 heterocycles. The summed E-state index contributed by atoms with van der Waals surface area (Å²) >= 11 is 1.55. The number of benzene rings is 1. The summed E-state index contributed by atoms with van der Waals surface area (Å²) in [6.45, 7) is 9.13. The summed E-state index contributed by atoms with van der Waals surface area (Å²) in [4.78, 5) is 25.3. The number of carbonyl (C=O) groups is 2. The first-order valence-corrected chi connectivity index (χ1v) is 12.8. The number of Topliss-reactive ketones (excluding diaryl/α,β-unsaturated/α-hetero) is 1. The minimum atomic E-state index is -0.406. The van der Waals surface area contributed by atoms with Gasteiger partial charge in [0.15, 0.2) is 5.78 Å². The van der Waals surface area contributed by atoms with Crippen LogP contribution in [0.3, 0.4) is 0 Å². The average Bonchev–Trinajstić information content (AvgIpc) is 3.28. The fourth-order valence-corrected chi connectivity index (χ4v) is 4.26. The van der Waals surface area contributed by atoms with Crippen molar-refractivity contribution in [3.05, 3.63) is 60.1 Å². The van der Waals surface area contributed by atoms with Crippen LogP contribution in [0.4, 0.5) is 4.79 Å². The van der Waals surface area contributed by atoms with E-state index in [0.717, 1.165) is 17.7 Å². The molecule has 0 aliphatic carbocycles. The molecule has 2 atom stereocenters. The molecule has 33 heavy (non-hydrogen) atoms. The fourth-order valence-electron chi connectivity index (χ4n) is 3.39. The third-order valence-electron chi connectivity index (χ3n) is 4.98. The van der Waals surface area contributed by atoms with Crippen LogP contribution in [0, 0.1) is 11.8 Å². The van der Waals surface area contributed by atoms with Gasteiger partial charge in [-0.2, -0.15) is 0 Å². The predicted molar refractivity (Wildman–Crippen MR) is 134 cm³/mol. The van der Waals surface area contributed by atoms with Gasteiger partial charge >= 0.3 is 6.09 Å². The SMILES string of the molecule is CC(C)COC(=O)NC(CNC(Cc1ccccc1)C(=O)CSCc1ccco1)CC(C)C. The Hall–Kier alpha value is -2.25. The number of ketones is 1. The fraction of sp³-hybridized carbons (Fsp3) is 0.538. The molecule has 7 heteroatoms. The van der Waals surface area contributed by atoms with Crippen LogP contribution in [-0.2, 0) is 21.7 Å². The van der Waals surface area contributed by atoms with Crippen molar-refractivity contribution >= 4 is 23.6 Å². The van der Waals surface area contributed by atoms with Gasteiger partial charge in [-0.1, -0.05) is 58.0 Å². The van der Waals surface area contributed by atoms with E-state index < -0.39 is 6.09 Å². The van der Waals surface area contributed by atoms with Crippen molar-refractivity contribution in [2.75, 3.05) is 18.9 Å². The number of ether oxygens (including phenoxy) is 1. The maximum Gasteiger partial charge on any atom is 0.407 e. The van der Waals surface area contributed by atoms with Crippen molar-refractivity contribution in [2.45, 2.75) is 58.4 Å². The van der Waals surface area contributed by atoms with Crippen LogP contribution in [0.1, 0.15) is 45.4 Å². The minimum Gasteiger partial charge on any atom is -0.468 e. The molecular formula is C26H38N2O4S. The summed E-state index contributed by atoms with van der Waals surface area (Å²) in [7, 11) is 0. The molecule has 0 radical (unpaired) electrons. The van der Waals surface area contributed by atoms with Crippen molar-refractivity contribution in [1.29, 1.82) is 0 Å². The number of hydrogen-bond acceptors (Lipinski definition) is 6. The van der Waals surface area contributed by atoms with E-state index >= 15 is 0 Å². The van der Waals surface area contributed by atoms with Crippen molar-refractivity contribution in [3.63, 3.8) is 0 Å². The normalized spacial score (nSPS) is 13.2. The van der Waals surface area contributed by atoms with Crippen molar-refractivity contribution in [3.8, 4) is 0 Å². The number of thioether (sulfide) groups is 1. The highest BCUT2D eigenvalue weighted by molar-refractivity contribution is 7.99. The first-order valence-electron chi connectivity index (χ1n) is 11.7. The molecule has 182 valence electrons. The molecule has 1 aromatic heterocycles. The zero-order valence-electron chi connectivity index (χ0n) is 20.2. The Morgan fingerprint density at radius 1 is 1.03 bits per heavy atom. The van der Waals surface area contributed by atoms with E-state index in [-0.39, 0.29) is 23.8 Å². The van der Waals surface area contributed by atoms with Crippen LogP contribution in [0.5, 0.6) is 0 Å². The van der Waals surface area contributed by atoms with Crippen molar-refractivity contribution in [2.24, 2.45) is 11.8 Å². The van der Waals surface area contributed by atoms with E-state index in [0.29, 0.717) is 37.0 Å². The van der Waals surface area contributed by atoms with Gasteiger partial charge in [-0.05, 0) is 42.4 Å². The Kier molecular flexibility index (Phi) is 12.1. The van der Waals surface area contributed by atoms with Crippen LogP contribution in [0.2, 0.25) is 0 Å². The molecule has 0 saturated heterocycles. The molecule has 2 unspecified atom stereocenters. The van der Waals surface area contributed by atoms with E-state index in [2.05, 4.69) is 24.5 Å². The molecule has 2 rings (SSSR count). The number of furan rings is 1. The summed E-state index contributed by atoms with van der Waals surface area (Å²) in [5, 5.41) is 6.40. The number of carbonyl (C=O) groups excluding carboxylic acids is 2. The highest BCUT2D eigenvalue weighted by atomic mass is 32.2. The summed E-state index contributed by atoms with van der Waals surface area (Å²) in [6.07, 6.45) is 2.64. The van der Waals surface area contributed by atoms with Gasteiger partial charge in [-0.3, -0.25) is 4.79 Å². The monoisotopic (exact) mass is 474 g/mol. The maximum absolute atomic E-state index is 13.1. The molecule has 0 aliphatic rings. The lowest BCUT2D eigenvalue weighted by molar-refractivity contribution is -0.118. The summed E-state index contributed by atoms with van der Waals surface area (Å²) in [5.41, 5.74) is 1.10. The van der Waals surface area contributed by atoms with Crippen molar-refractivity contribution in [1.82, 2.24) is 10.6 Å². The lowest BCUT2D eigenvalue weighted by Gasteiger charge is -2.25. The summed E-state index contributed by atoms with van der Waals surface area (Å²) in [5.74, 6) is 2.74. The first kappa shape index (κ1) is 27.0. The van der Waals surface area contributed by atoms with E-state index in [4.69, 9.17) is 9.15 Å². The third-order valence-corrected chi connectivity index (χ3v) is 5.95. The highest BCUT2D eigenvalue weighted by Gasteiger charge is 2.22. The number of nitrogens with one attached hydrogen (secondary N) is 2. The van der Waals surface area contributed by atoms with Gasteiger partial charge in [-0.15, -0.1) is 11.8 Å².